The van der Waals surface area contributed by atoms with Crippen LogP contribution in [0, 0.1) is 0 Å². The molecule has 0 rings (SSSR count). The minimum atomic E-state index is 1.19. The van der Waals surface area contributed by atoms with Crippen molar-refractivity contribution in [1.29, 1.82) is 0 Å². The Balaban J connectivity index is 3.10. The fourth-order valence-corrected chi connectivity index (χ4v) is 1.56. The van der Waals surface area contributed by atoms with Gasteiger partial charge < -0.3 is 0 Å². The first-order valence-electron chi connectivity index (χ1n) is 5.33. The van der Waals surface area contributed by atoms with Gasteiger partial charge in [0.05, 0.1) is 0 Å². The first-order valence-corrected chi connectivity index (χ1v) is 5.73. The number of unbranched alkanes of at least 4 members (excludes halogenated alkanes) is 4. The van der Waals surface area contributed by atoms with Gasteiger partial charge in [-0.3, -0.25) is 0 Å². The van der Waals surface area contributed by atoms with Gasteiger partial charge in [-0.25, -0.2) is 0 Å². The van der Waals surface area contributed by atoms with Crippen LogP contribution in [0.5, 0.6) is 0 Å². The van der Waals surface area contributed by atoms with E-state index < -0.39 is 0 Å². The van der Waals surface area contributed by atoms with Gasteiger partial charge in [-0.2, -0.15) is 0 Å². The molecule has 0 fully saturated rings. The second-order valence-electron chi connectivity index (χ2n) is 3.45. The van der Waals surface area contributed by atoms with Crippen LogP contribution < -0.4 is 0 Å². The van der Waals surface area contributed by atoms with E-state index in [9.17, 15) is 0 Å². The summed E-state index contributed by atoms with van der Waals surface area (Å²) < 4.78 is 0. The molecule has 72 valence electrons. The third-order valence-corrected chi connectivity index (χ3v) is 2.53. The van der Waals surface area contributed by atoms with Crippen molar-refractivity contribution in [2.24, 2.45) is 0 Å². The molecule has 0 aromatic heterocycles. The molecular weight excluding hydrogens is 164 g/mol. The van der Waals surface area contributed by atoms with Crippen LogP contribution in [0.3, 0.4) is 0 Å². The van der Waals surface area contributed by atoms with Crippen molar-refractivity contribution in [2.75, 3.05) is 0 Å². The van der Waals surface area contributed by atoms with Crippen molar-refractivity contribution in [3.05, 3.63) is 0 Å². The van der Waals surface area contributed by atoms with Gasteiger partial charge in [0.25, 0.3) is 0 Å². The van der Waals surface area contributed by atoms with Gasteiger partial charge in [0.1, 0.15) is 0 Å². The lowest BCUT2D eigenvalue weighted by Gasteiger charge is -2.01. The fourth-order valence-electron chi connectivity index (χ4n) is 1.27. The maximum absolute atomic E-state index is 5.28. The summed E-state index contributed by atoms with van der Waals surface area (Å²) in [7, 11) is 0. The molecule has 1 heteroatoms. The zero-order valence-corrected chi connectivity index (χ0v) is 9.38. The second kappa shape index (κ2) is 9.18. The molecule has 0 aromatic rings. The van der Waals surface area contributed by atoms with Crippen molar-refractivity contribution in [2.45, 2.75) is 65.2 Å². The molecule has 12 heavy (non-hydrogen) atoms. The van der Waals surface area contributed by atoms with Crippen LogP contribution in [-0.4, -0.2) is 4.86 Å². The molecule has 0 aliphatic carbocycles. The lowest BCUT2D eigenvalue weighted by Crippen LogP contribution is -1.94. The van der Waals surface area contributed by atoms with Crippen LogP contribution in [0.2, 0.25) is 0 Å². The molecule has 0 heterocycles. The fraction of sp³-hybridized carbons (Fsp3) is 0.909. The number of rotatable bonds is 8. The van der Waals surface area contributed by atoms with E-state index in [0.29, 0.717) is 0 Å². The van der Waals surface area contributed by atoms with Crippen LogP contribution in [0.1, 0.15) is 65.2 Å². The molecular formula is C11H22S. The highest BCUT2D eigenvalue weighted by atomic mass is 32.1. The van der Waals surface area contributed by atoms with Crippen LogP contribution >= 0.6 is 12.2 Å². The third-order valence-electron chi connectivity index (χ3n) is 2.12. The molecule has 0 aromatic carbocycles. The SMILES string of the molecule is CCCCCC(=S)CCCCC. The van der Waals surface area contributed by atoms with Gasteiger partial charge in [0.15, 0.2) is 0 Å². The Morgan fingerprint density at radius 1 is 0.833 bits per heavy atom. The Morgan fingerprint density at radius 2 is 1.25 bits per heavy atom. The van der Waals surface area contributed by atoms with Gasteiger partial charge in [0.2, 0.25) is 0 Å². The lowest BCUT2D eigenvalue weighted by molar-refractivity contribution is 0.716. The number of hydrogen-bond acceptors (Lipinski definition) is 1. The summed E-state index contributed by atoms with van der Waals surface area (Å²) in [6.45, 7) is 4.47. The van der Waals surface area contributed by atoms with Crippen molar-refractivity contribution >= 4 is 17.1 Å². The van der Waals surface area contributed by atoms with E-state index in [0.717, 1.165) is 0 Å². The Hall–Kier alpha value is 0.0900. The van der Waals surface area contributed by atoms with Crippen LogP contribution in [0.15, 0.2) is 0 Å². The van der Waals surface area contributed by atoms with E-state index in [1.807, 2.05) is 0 Å². The van der Waals surface area contributed by atoms with E-state index in [4.69, 9.17) is 12.2 Å². The van der Waals surface area contributed by atoms with E-state index in [1.54, 1.807) is 0 Å². The molecule has 0 radical (unpaired) electrons. The molecule has 0 amide bonds. The molecule has 0 atom stereocenters. The first kappa shape index (κ1) is 12.1. The van der Waals surface area contributed by atoms with Gasteiger partial charge >= 0.3 is 0 Å². The monoisotopic (exact) mass is 186 g/mol. The van der Waals surface area contributed by atoms with Gasteiger partial charge in [0, 0.05) is 0 Å². The Kier molecular flexibility index (Phi) is 9.25. The predicted molar refractivity (Wildman–Crippen MR) is 60.9 cm³/mol. The summed E-state index contributed by atoms with van der Waals surface area (Å²) in [5.41, 5.74) is 0. The zero-order valence-electron chi connectivity index (χ0n) is 8.57. The highest BCUT2D eigenvalue weighted by Gasteiger charge is 1.95. The maximum Gasteiger partial charge on any atom is -0.00715 e. The molecule has 0 nitrogen and oxygen atoms in total. The van der Waals surface area contributed by atoms with E-state index in [1.165, 1.54) is 56.2 Å². The summed E-state index contributed by atoms with van der Waals surface area (Å²) in [4.78, 5) is 1.30. The summed E-state index contributed by atoms with van der Waals surface area (Å²) in [6, 6.07) is 0. The van der Waals surface area contributed by atoms with Crippen molar-refractivity contribution < 1.29 is 0 Å². The minimum absolute atomic E-state index is 1.19. The quantitative estimate of drug-likeness (QED) is 0.397. The van der Waals surface area contributed by atoms with E-state index in [2.05, 4.69) is 13.8 Å². The smallest absolute Gasteiger partial charge is 0.00715 e. The molecule has 0 unspecified atom stereocenters. The van der Waals surface area contributed by atoms with Crippen LogP contribution in [0.4, 0.5) is 0 Å². The topological polar surface area (TPSA) is 0 Å². The first-order chi connectivity index (χ1) is 5.81. The summed E-state index contributed by atoms with van der Waals surface area (Å²) in [5, 5.41) is 0. The molecule has 0 saturated carbocycles. The molecule has 0 aliphatic rings. The van der Waals surface area contributed by atoms with Crippen LogP contribution in [0.25, 0.3) is 0 Å². The largest absolute Gasteiger partial charge is 0.0897 e. The second-order valence-corrected chi connectivity index (χ2v) is 4.03. The molecule has 0 spiro atoms. The van der Waals surface area contributed by atoms with Gasteiger partial charge in [-0.1, -0.05) is 51.7 Å². The van der Waals surface area contributed by atoms with Crippen molar-refractivity contribution in [3.63, 3.8) is 0 Å². The summed E-state index contributed by atoms with van der Waals surface area (Å²) >= 11 is 5.28. The highest BCUT2D eigenvalue weighted by Crippen LogP contribution is 2.07. The average molecular weight is 186 g/mol. The predicted octanol–water partition coefficient (Wildman–Crippen LogP) is 4.52. The number of thiocarbonyl (C=S) groups is 1. The van der Waals surface area contributed by atoms with E-state index >= 15 is 0 Å². The molecule has 0 N–H and O–H groups in total. The number of hydrogen-bond donors (Lipinski definition) is 0. The lowest BCUT2D eigenvalue weighted by atomic mass is 10.1. The maximum atomic E-state index is 5.28. The Morgan fingerprint density at radius 3 is 1.58 bits per heavy atom. The zero-order chi connectivity index (χ0) is 9.23. The van der Waals surface area contributed by atoms with Crippen molar-refractivity contribution in [3.8, 4) is 0 Å². The average Bonchev–Trinajstić information content (AvgIpc) is 2.06. The molecule has 0 bridgehead atoms. The van der Waals surface area contributed by atoms with Crippen molar-refractivity contribution in [1.82, 2.24) is 0 Å². The third kappa shape index (κ3) is 8.19. The van der Waals surface area contributed by atoms with E-state index in [-0.39, 0.29) is 0 Å². The molecule has 0 aliphatic heterocycles. The standard InChI is InChI=1S/C11H22S/c1-3-5-7-9-11(12)10-8-6-4-2/h3-10H2,1-2H3. The Bertz CT molecular complexity index is 95.6. The highest BCUT2D eigenvalue weighted by molar-refractivity contribution is 7.80. The van der Waals surface area contributed by atoms with Gasteiger partial charge in [-0.15, -0.1) is 0 Å². The molecule has 0 saturated heterocycles. The van der Waals surface area contributed by atoms with Crippen LogP contribution in [-0.2, 0) is 0 Å². The summed E-state index contributed by atoms with van der Waals surface area (Å²) in [6.07, 6.45) is 10.3. The Labute approximate surface area is 82.7 Å². The normalized spacial score (nSPS) is 10.2. The van der Waals surface area contributed by atoms with Gasteiger partial charge in [-0.05, 0) is 30.5 Å². The summed E-state index contributed by atoms with van der Waals surface area (Å²) in [5.74, 6) is 0. The minimum Gasteiger partial charge on any atom is -0.0897 e.